The first-order valence-electron chi connectivity index (χ1n) is 8.13. The molecule has 120 valence electrons. The number of hydrogen-bond acceptors (Lipinski definition) is 4. The van der Waals surface area contributed by atoms with Crippen LogP contribution in [0.1, 0.15) is 52.1 Å². The minimum Gasteiger partial charge on any atom is -0.393 e. The summed E-state index contributed by atoms with van der Waals surface area (Å²) >= 11 is 0. The lowest BCUT2D eigenvalue weighted by Crippen LogP contribution is -2.36. The normalized spacial score (nSPS) is 17.5. The van der Waals surface area contributed by atoms with Crippen LogP contribution >= 0.6 is 0 Å². The standard InChI is InChI=1S/C12H18N2O.C3H6O.C2H6/c1-10(2)12-4-3-11(9-13-12)14-5-7-15-8-6-14;4-3-1-2-3;1-2/h3-4,9-10H,5-8H2,1-2H3;3-4H,1-2H2;1-2H3. The van der Waals surface area contributed by atoms with Crippen LogP contribution in [-0.2, 0) is 4.74 Å². The predicted molar refractivity (Wildman–Crippen MR) is 87.9 cm³/mol. The van der Waals surface area contributed by atoms with Crippen molar-refractivity contribution >= 4 is 5.69 Å². The molecule has 1 saturated carbocycles. The molecule has 1 aliphatic carbocycles. The fourth-order valence-corrected chi connectivity index (χ4v) is 1.82. The Labute approximate surface area is 129 Å². The predicted octanol–water partition coefficient (Wildman–Crippen LogP) is 3.21. The Morgan fingerprint density at radius 3 is 2.14 bits per heavy atom. The number of aromatic nitrogens is 1. The van der Waals surface area contributed by atoms with E-state index in [4.69, 9.17) is 9.84 Å². The van der Waals surface area contributed by atoms with Gasteiger partial charge in [0.1, 0.15) is 0 Å². The average molecular weight is 294 g/mol. The summed E-state index contributed by atoms with van der Waals surface area (Å²) in [4.78, 5) is 6.79. The number of nitrogens with zero attached hydrogens (tertiary/aromatic N) is 2. The summed E-state index contributed by atoms with van der Waals surface area (Å²) in [5.41, 5.74) is 2.37. The molecule has 1 aliphatic heterocycles. The zero-order valence-electron chi connectivity index (χ0n) is 13.9. The van der Waals surface area contributed by atoms with Crippen LogP contribution in [0.15, 0.2) is 18.3 Å². The maximum atomic E-state index is 8.17. The maximum absolute atomic E-state index is 8.17. The van der Waals surface area contributed by atoms with E-state index >= 15 is 0 Å². The molecule has 3 rings (SSSR count). The summed E-state index contributed by atoms with van der Waals surface area (Å²) in [7, 11) is 0. The van der Waals surface area contributed by atoms with E-state index in [0.29, 0.717) is 5.92 Å². The molecule has 0 bridgehead atoms. The van der Waals surface area contributed by atoms with E-state index in [1.54, 1.807) is 0 Å². The summed E-state index contributed by atoms with van der Waals surface area (Å²) in [5.74, 6) is 0.503. The summed E-state index contributed by atoms with van der Waals surface area (Å²) < 4.78 is 5.32. The molecule has 0 amide bonds. The summed E-state index contributed by atoms with van der Waals surface area (Å²) in [5, 5.41) is 8.17. The van der Waals surface area contributed by atoms with Gasteiger partial charge in [0.2, 0.25) is 0 Å². The fraction of sp³-hybridized carbons (Fsp3) is 0.706. The molecule has 0 radical (unpaired) electrons. The van der Waals surface area contributed by atoms with Crippen LogP contribution < -0.4 is 4.90 Å². The molecule has 4 heteroatoms. The molecule has 1 aromatic rings. The fourth-order valence-electron chi connectivity index (χ4n) is 1.82. The van der Waals surface area contributed by atoms with Crippen LogP contribution in [0.25, 0.3) is 0 Å². The minimum atomic E-state index is 0.0833. The molecule has 2 aliphatic rings. The highest BCUT2D eigenvalue weighted by Crippen LogP contribution is 2.18. The lowest BCUT2D eigenvalue weighted by molar-refractivity contribution is 0.122. The van der Waals surface area contributed by atoms with E-state index in [0.717, 1.165) is 44.8 Å². The highest BCUT2D eigenvalue weighted by Gasteiger charge is 2.15. The second-order valence-corrected chi connectivity index (χ2v) is 5.43. The third-order valence-corrected chi connectivity index (χ3v) is 3.29. The van der Waals surface area contributed by atoms with Crippen molar-refractivity contribution < 1.29 is 9.84 Å². The van der Waals surface area contributed by atoms with E-state index in [2.05, 4.69) is 35.9 Å². The van der Waals surface area contributed by atoms with Gasteiger partial charge in [-0.3, -0.25) is 4.98 Å². The van der Waals surface area contributed by atoms with Crippen molar-refractivity contribution in [1.82, 2.24) is 4.98 Å². The van der Waals surface area contributed by atoms with Crippen molar-refractivity contribution in [2.24, 2.45) is 0 Å². The molecule has 4 nitrogen and oxygen atoms in total. The van der Waals surface area contributed by atoms with Gasteiger partial charge in [-0.05, 0) is 30.9 Å². The number of morpholine rings is 1. The average Bonchev–Trinajstić information content (AvgIpc) is 3.33. The first-order chi connectivity index (χ1) is 10.2. The first kappa shape index (κ1) is 17.9. The lowest BCUT2D eigenvalue weighted by atomic mass is 10.1. The molecular weight excluding hydrogens is 264 g/mol. The summed E-state index contributed by atoms with van der Waals surface area (Å²) in [6.07, 6.45) is 4.14. The van der Waals surface area contributed by atoms with Gasteiger partial charge in [0.05, 0.1) is 31.2 Å². The van der Waals surface area contributed by atoms with E-state index in [9.17, 15) is 0 Å². The number of aliphatic hydroxyl groups excluding tert-OH is 1. The molecule has 1 N–H and O–H groups in total. The molecule has 1 aromatic heterocycles. The minimum absolute atomic E-state index is 0.0833. The Morgan fingerprint density at radius 2 is 1.76 bits per heavy atom. The van der Waals surface area contributed by atoms with Gasteiger partial charge in [0, 0.05) is 18.8 Å². The Hall–Kier alpha value is -1.13. The second kappa shape index (κ2) is 9.74. The Balaban J connectivity index is 0.000000310. The molecular formula is C17H30N2O2. The van der Waals surface area contributed by atoms with E-state index in [1.165, 1.54) is 5.69 Å². The number of pyridine rings is 1. The molecule has 21 heavy (non-hydrogen) atoms. The largest absolute Gasteiger partial charge is 0.393 e. The molecule has 0 atom stereocenters. The highest BCUT2D eigenvalue weighted by molar-refractivity contribution is 5.45. The summed E-state index contributed by atoms with van der Waals surface area (Å²) in [6, 6.07) is 4.28. The second-order valence-electron chi connectivity index (χ2n) is 5.43. The Bertz CT molecular complexity index is 369. The number of hydrogen-bond donors (Lipinski definition) is 1. The SMILES string of the molecule is CC.CC(C)c1ccc(N2CCOCC2)cn1.OC1CC1. The van der Waals surface area contributed by atoms with Gasteiger partial charge < -0.3 is 14.7 Å². The smallest absolute Gasteiger partial charge is 0.0642 e. The number of ether oxygens (including phenoxy) is 1. The molecule has 2 heterocycles. The highest BCUT2D eigenvalue weighted by atomic mass is 16.5. The monoisotopic (exact) mass is 294 g/mol. The third kappa shape index (κ3) is 6.91. The molecule has 2 fully saturated rings. The Kier molecular flexibility index (Phi) is 8.31. The van der Waals surface area contributed by atoms with Crippen LogP contribution in [0.2, 0.25) is 0 Å². The topological polar surface area (TPSA) is 45.6 Å². The van der Waals surface area contributed by atoms with Crippen LogP contribution in [0.3, 0.4) is 0 Å². The van der Waals surface area contributed by atoms with E-state index in [-0.39, 0.29) is 6.10 Å². The lowest BCUT2D eigenvalue weighted by Gasteiger charge is -2.28. The van der Waals surface area contributed by atoms with Gasteiger partial charge in [-0.2, -0.15) is 0 Å². The number of aliphatic hydroxyl groups is 1. The van der Waals surface area contributed by atoms with Crippen LogP contribution in [0, 0.1) is 0 Å². The number of rotatable bonds is 2. The third-order valence-electron chi connectivity index (χ3n) is 3.29. The van der Waals surface area contributed by atoms with Crippen molar-refractivity contribution in [1.29, 1.82) is 0 Å². The van der Waals surface area contributed by atoms with Gasteiger partial charge in [0.15, 0.2) is 0 Å². The van der Waals surface area contributed by atoms with Crippen molar-refractivity contribution in [3.8, 4) is 0 Å². The van der Waals surface area contributed by atoms with Crippen LogP contribution in [0.4, 0.5) is 5.69 Å². The van der Waals surface area contributed by atoms with Crippen molar-refractivity contribution in [2.45, 2.75) is 52.6 Å². The van der Waals surface area contributed by atoms with Crippen molar-refractivity contribution in [3.05, 3.63) is 24.0 Å². The zero-order valence-corrected chi connectivity index (χ0v) is 13.9. The quantitative estimate of drug-likeness (QED) is 0.910. The molecule has 0 spiro atoms. The van der Waals surface area contributed by atoms with Gasteiger partial charge in [-0.1, -0.05) is 27.7 Å². The van der Waals surface area contributed by atoms with Gasteiger partial charge >= 0.3 is 0 Å². The maximum Gasteiger partial charge on any atom is 0.0642 e. The summed E-state index contributed by atoms with van der Waals surface area (Å²) in [6.45, 7) is 11.9. The molecule has 0 aromatic carbocycles. The van der Waals surface area contributed by atoms with Gasteiger partial charge in [-0.15, -0.1) is 0 Å². The van der Waals surface area contributed by atoms with Crippen molar-refractivity contribution in [3.63, 3.8) is 0 Å². The first-order valence-corrected chi connectivity index (χ1v) is 8.13. The van der Waals surface area contributed by atoms with Crippen LogP contribution in [-0.4, -0.2) is 42.5 Å². The zero-order chi connectivity index (χ0) is 15.7. The number of anilines is 1. The van der Waals surface area contributed by atoms with E-state index < -0.39 is 0 Å². The Morgan fingerprint density at radius 1 is 1.19 bits per heavy atom. The van der Waals surface area contributed by atoms with E-state index in [1.807, 2.05) is 20.0 Å². The molecule has 0 unspecified atom stereocenters. The van der Waals surface area contributed by atoms with Gasteiger partial charge in [-0.25, -0.2) is 0 Å². The van der Waals surface area contributed by atoms with Gasteiger partial charge in [0.25, 0.3) is 0 Å². The van der Waals surface area contributed by atoms with Crippen LogP contribution in [0.5, 0.6) is 0 Å². The van der Waals surface area contributed by atoms with Crippen molar-refractivity contribution in [2.75, 3.05) is 31.2 Å². The molecule has 1 saturated heterocycles.